The van der Waals surface area contributed by atoms with Crippen LogP contribution in [0.15, 0.2) is 24.3 Å². The number of hydrogen-bond donors (Lipinski definition) is 2. The number of epoxide rings is 1. The highest BCUT2D eigenvalue weighted by Gasteiger charge is 2.80. The van der Waals surface area contributed by atoms with Crippen LogP contribution in [0.25, 0.3) is 0 Å². The van der Waals surface area contributed by atoms with Gasteiger partial charge in [-0.1, -0.05) is 33.4 Å². The highest BCUT2D eigenvalue weighted by Crippen LogP contribution is 2.64. The first kappa shape index (κ1) is 38.5. The lowest BCUT2D eigenvalue weighted by Crippen LogP contribution is -2.74. The van der Waals surface area contributed by atoms with E-state index in [-0.39, 0.29) is 36.7 Å². The third kappa shape index (κ3) is 6.89. The summed E-state index contributed by atoms with van der Waals surface area (Å²) in [4.78, 5) is 78.3. The normalized spacial score (nSPS) is 40.3. The fourth-order valence-electron chi connectivity index (χ4n) is 7.98. The third-order valence-electron chi connectivity index (χ3n) is 10.1. The molecular formula is C34H45ClO14. The average Bonchev–Trinajstić information content (AvgIpc) is 3.75. The number of Topliss-reactive ketones (excluding diaryl/α,β-unsaturated/α-hetero) is 1. The molecule has 15 heteroatoms. The number of allylic oxidation sites excluding steroid dienone is 1. The highest BCUT2D eigenvalue weighted by molar-refractivity contribution is 6.23. The van der Waals surface area contributed by atoms with Gasteiger partial charge in [0.2, 0.25) is 0 Å². The number of ether oxygens (including phenoxy) is 6. The number of hydrogen-bond acceptors (Lipinski definition) is 14. The Bertz CT molecular complexity index is 1420. The first-order valence-corrected chi connectivity index (χ1v) is 16.6. The van der Waals surface area contributed by atoms with E-state index < -0.39 is 107 Å². The predicted octanol–water partition coefficient (Wildman–Crippen LogP) is 1.74. The van der Waals surface area contributed by atoms with Gasteiger partial charge < -0.3 is 43.4 Å². The van der Waals surface area contributed by atoms with Gasteiger partial charge in [0, 0.05) is 38.5 Å². The van der Waals surface area contributed by atoms with Gasteiger partial charge in [-0.05, 0) is 31.4 Å². The second-order valence-electron chi connectivity index (χ2n) is 14.1. The van der Waals surface area contributed by atoms with Crippen LogP contribution in [0.3, 0.4) is 0 Å². The van der Waals surface area contributed by atoms with Crippen molar-refractivity contribution in [1.82, 2.24) is 0 Å². The zero-order chi connectivity index (χ0) is 36.8. The van der Waals surface area contributed by atoms with Gasteiger partial charge in [-0.25, -0.2) is 4.79 Å². The maximum Gasteiger partial charge on any atom is 0.332 e. The lowest BCUT2D eigenvalue weighted by Gasteiger charge is -2.60. The minimum atomic E-state index is -2.43. The number of fused-ring (bicyclic) bond motifs is 3. The van der Waals surface area contributed by atoms with E-state index in [9.17, 15) is 39.0 Å². The minimum Gasteiger partial charge on any atom is -0.461 e. The summed E-state index contributed by atoms with van der Waals surface area (Å²) in [6.07, 6.45) is -5.27. The van der Waals surface area contributed by atoms with E-state index in [4.69, 9.17) is 40.0 Å². The summed E-state index contributed by atoms with van der Waals surface area (Å²) >= 11 is 6.81. The number of carbonyl (C=O) groups is 6. The molecule has 0 aromatic carbocycles. The van der Waals surface area contributed by atoms with E-state index in [1.54, 1.807) is 13.8 Å². The lowest BCUT2D eigenvalue weighted by atomic mass is 9.49. The van der Waals surface area contributed by atoms with Crippen LogP contribution in [0.4, 0.5) is 0 Å². The fourth-order valence-corrected chi connectivity index (χ4v) is 8.30. The van der Waals surface area contributed by atoms with Crippen molar-refractivity contribution < 1.29 is 67.4 Å². The van der Waals surface area contributed by atoms with Gasteiger partial charge in [-0.3, -0.25) is 19.2 Å². The van der Waals surface area contributed by atoms with Gasteiger partial charge in [0.05, 0.1) is 23.3 Å². The molecule has 0 aromatic rings. The molecule has 272 valence electrons. The van der Waals surface area contributed by atoms with E-state index in [1.165, 1.54) is 32.9 Å². The van der Waals surface area contributed by atoms with Crippen molar-refractivity contribution in [2.45, 2.75) is 108 Å². The van der Waals surface area contributed by atoms with Crippen LogP contribution in [-0.2, 0) is 57.2 Å². The molecule has 4 aliphatic rings. The zero-order valence-corrected chi connectivity index (χ0v) is 29.4. The van der Waals surface area contributed by atoms with Crippen molar-refractivity contribution in [2.24, 2.45) is 29.1 Å². The number of halogens is 1. The van der Waals surface area contributed by atoms with Gasteiger partial charge in [0.15, 0.2) is 11.7 Å². The Morgan fingerprint density at radius 3 is 2.12 bits per heavy atom. The molecular weight excluding hydrogens is 668 g/mol. The van der Waals surface area contributed by atoms with Crippen molar-refractivity contribution in [3.63, 3.8) is 0 Å². The number of esters is 5. The molecule has 2 heterocycles. The van der Waals surface area contributed by atoms with Gasteiger partial charge >= 0.3 is 29.8 Å². The summed E-state index contributed by atoms with van der Waals surface area (Å²) in [5, 5.41) is 21.3. The van der Waals surface area contributed by atoms with E-state index in [1.807, 2.05) is 0 Å². The Balaban J connectivity index is 2.16. The summed E-state index contributed by atoms with van der Waals surface area (Å²) in [6, 6.07) is 0. The topological polar surface area (TPSA) is 202 Å². The van der Waals surface area contributed by atoms with Crippen molar-refractivity contribution in [2.75, 3.05) is 13.2 Å². The Morgan fingerprint density at radius 2 is 1.61 bits per heavy atom. The number of aliphatic hydroxyl groups excluding tert-OH is 1. The quantitative estimate of drug-likeness (QED) is 0.151. The van der Waals surface area contributed by atoms with Crippen LogP contribution >= 0.6 is 11.6 Å². The Morgan fingerprint density at radius 1 is 1.02 bits per heavy atom. The maximum atomic E-state index is 13.4. The van der Waals surface area contributed by atoms with Crippen molar-refractivity contribution >= 4 is 47.2 Å². The maximum absolute atomic E-state index is 13.4. The van der Waals surface area contributed by atoms with E-state index in [0.717, 1.165) is 13.8 Å². The molecule has 2 aliphatic heterocycles. The number of ketones is 1. The first-order valence-electron chi connectivity index (χ1n) is 16.2. The molecule has 3 fully saturated rings. The highest BCUT2D eigenvalue weighted by atomic mass is 35.5. The molecule has 49 heavy (non-hydrogen) atoms. The molecule has 1 saturated carbocycles. The summed E-state index contributed by atoms with van der Waals surface area (Å²) in [7, 11) is 0. The van der Waals surface area contributed by atoms with Crippen LogP contribution in [0.2, 0.25) is 0 Å². The minimum absolute atomic E-state index is 0.0339. The molecule has 1 spiro atoms. The van der Waals surface area contributed by atoms with E-state index in [0.29, 0.717) is 0 Å². The molecule has 0 aromatic heterocycles. The van der Waals surface area contributed by atoms with Gasteiger partial charge in [0.1, 0.15) is 42.4 Å². The Labute approximate surface area is 289 Å². The fraction of sp³-hybridized carbons (Fsp3) is 0.706. The first-order chi connectivity index (χ1) is 22.7. The zero-order valence-electron chi connectivity index (χ0n) is 28.6. The summed E-state index contributed by atoms with van der Waals surface area (Å²) in [6.45, 7) is 12.7. The Kier molecular flexibility index (Phi) is 11.1. The predicted molar refractivity (Wildman–Crippen MR) is 168 cm³/mol. The molecule has 0 amide bonds. The second kappa shape index (κ2) is 14.1. The van der Waals surface area contributed by atoms with Crippen molar-refractivity contribution in [3.8, 4) is 0 Å². The van der Waals surface area contributed by atoms with Gasteiger partial charge in [0.25, 0.3) is 0 Å². The second-order valence-corrected chi connectivity index (χ2v) is 14.6. The summed E-state index contributed by atoms with van der Waals surface area (Å²) in [5.74, 6) is -8.84. The molecule has 2 N–H and O–H groups in total. The Hall–Kier alpha value is -3.33. The van der Waals surface area contributed by atoms with Crippen molar-refractivity contribution in [1.29, 1.82) is 0 Å². The van der Waals surface area contributed by atoms with Crippen LogP contribution in [0, 0.1) is 29.1 Å². The number of carbonyl (C=O) groups excluding carboxylic acids is 6. The number of alkyl halides is 1. The molecule has 2 aliphatic carbocycles. The number of aliphatic hydroxyl groups is 2. The van der Waals surface area contributed by atoms with Crippen LogP contribution in [-0.4, -0.2) is 106 Å². The molecule has 0 bridgehead atoms. The summed E-state index contributed by atoms with van der Waals surface area (Å²) < 4.78 is 35.7. The van der Waals surface area contributed by atoms with Crippen LogP contribution < -0.4 is 0 Å². The third-order valence-corrected chi connectivity index (χ3v) is 10.6. The SMILES string of the molecule is C=C1/C=C\[C@H](OC(=O)CO)[C@@]2(C)[C@H](OC(C)=O)[C@@H](CC(C)=O)[C@@H](OC(=O)CC(C)C)[C@]3(CO3)[C@@H]2[C@H](OC(C)=O)[C@]2(O)[C@@H](C)C(=O)O[C@H]2[C@H]1Cl. The largest absolute Gasteiger partial charge is 0.461 e. The van der Waals surface area contributed by atoms with Crippen LogP contribution in [0.5, 0.6) is 0 Å². The summed E-state index contributed by atoms with van der Waals surface area (Å²) in [5.41, 5.74) is -5.84. The molecule has 0 radical (unpaired) electrons. The van der Waals surface area contributed by atoms with E-state index >= 15 is 0 Å². The molecule has 14 nitrogen and oxygen atoms in total. The van der Waals surface area contributed by atoms with Crippen LogP contribution in [0.1, 0.15) is 61.3 Å². The molecule has 0 unspecified atom stereocenters. The lowest BCUT2D eigenvalue weighted by molar-refractivity contribution is -0.269. The molecule has 12 atom stereocenters. The monoisotopic (exact) mass is 712 g/mol. The molecule has 4 rings (SSSR count). The standard InChI is InChI=1S/C34H45ClO14/c1-15(2)11-23(40)48-28-21(12-17(4)37)27(45-19(6)38)32(8)22(47-24(41)13-36)10-9-16(3)25(35)29-34(43,18(5)31(42)49-29)30(46-20(7)39)26(32)33(28)14-44-33/h9-10,15,18,21-22,25-30,36,43H,3,11-14H2,1-2,4-8H3/b10-9-/t18-,21+,22-,25-,26+,27+,28+,29-,30-,32+,33-,34-/m0/s1. The van der Waals surface area contributed by atoms with Gasteiger partial charge in [-0.15, -0.1) is 11.6 Å². The molecule has 2 saturated heterocycles. The van der Waals surface area contributed by atoms with Gasteiger partial charge in [-0.2, -0.15) is 0 Å². The smallest absolute Gasteiger partial charge is 0.332 e. The average molecular weight is 713 g/mol. The van der Waals surface area contributed by atoms with E-state index in [2.05, 4.69) is 6.58 Å². The van der Waals surface area contributed by atoms with Crippen molar-refractivity contribution in [3.05, 3.63) is 24.3 Å². The number of rotatable bonds is 9.